The van der Waals surface area contributed by atoms with Gasteiger partial charge in [0.15, 0.2) is 17.6 Å². The van der Waals surface area contributed by atoms with E-state index in [1.807, 2.05) is 42.5 Å². The van der Waals surface area contributed by atoms with E-state index < -0.39 is 6.10 Å². The molecule has 2 aromatic carbocycles. The zero-order valence-electron chi connectivity index (χ0n) is 17.6. The Labute approximate surface area is 183 Å². The summed E-state index contributed by atoms with van der Waals surface area (Å²) >= 11 is 0. The lowest BCUT2D eigenvalue weighted by atomic mass is 10.1. The van der Waals surface area contributed by atoms with Gasteiger partial charge >= 0.3 is 0 Å². The van der Waals surface area contributed by atoms with Gasteiger partial charge in [-0.25, -0.2) is 0 Å². The van der Waals surface area contributed by atoms with Crippen molar-refractivity contribution in [3.05, 3.63) is 59.7 Å². The summed E-state index contributed by atoms with van der Waals surface area (Å²) in [5.41, 5.74) is 1.99. The fraction of sp³-hybridized carbons (Fsp3) is 0.320. The number of hydrogen-bond acceptors (Lipinski definition) is 5. The lowest BCUT2D eigenvalue weighted by molar-refractivity contribution is -0.136. The van der Waals surface area contributed by atoms with Crippen molar-refractivity contribution in [3.63, 3.8) is 0 Å². The van der Waals surface area contributed by atoms with Gasteiger partial charge in [-0.15, -0.1) is 12.8 Å². The highest BCUT2D eigenvalue weighted by Gasteiger charge is 2.19. The normalized spacial score (nSPS) is 11.1. The Bertz CT molecular complexity index is 898. The molecule has 1 atom stereocenters. The monoisotopic (exact) mass is 421 g/mol. The minimum atomic E-state index is -0.783. The van der Waals surface area contributed by atoms with Crippen molar-refractivity contribution < 1.29 is 23.7 Å². The maximum Gasteiger partial charge on any atom is 0.251 e. The standard InChI is InChI=1S/C25H27NO5/c1-4-15-30-22-12-11-20(17-23(22)28-3)13-14-26-25(27)24(31-16-5-2)19-29-18-21-9-7-6-8-10-21/h1-2,6-12,17,24H,13-16,18-19H2,3H3,(H,26,27)/t24-/m1/s1. The molecule has 2 rings (SSSR count). The molecule has 31 heavy (non-hydrogen) atoms. The Balaban J connectivity index is 1.84. The summed E-state index contributed by atoms with van der Waals surface area (Å²) < 4.78 is 21.9. The first kappa shape index (κ1) is 23.8. The van der Waals surface area contributed by atoms with Crippen LogP contribution in [0.25, 0.3) is 0 Å². The molecule has 162 valence electrons. The van der Waals surface area contributed by atoms with Gasteiger partial charge in [0, 0.05) is 6.54 Å². The van der Waals surface area contributed by atoms with E-state index in [0.717, 1.165) is 11.1 Å². The van der Waals surface area contributed by atoms with Crippen LogP contribution in [0, 0.1) is 24.7 Å². The molecule has 0 unspecified atom stereocenters. The van der Waals surface area contributed by atoms with E-state index in [0.29, 0.717) is 31.1 Å². The molecule has 0 spiro atoms. The number of carbonyl (C=O) groups is 1. The van der Waals surface area contributed by atoms with Gasteiger partial charge < -0.3 is 24.3 Å². The van der Waals surface area contributed by atoms with Crippen LogP contribution in [0.2, 0.25) is 0 Å². The van der Waals surface area contributed by atoms with Gasteiger partial charge in [0.1, 0.15) is 13.2 Å². The van der Waals surface area contributed by atoms with E-state index >= 15 is 0 Å². The number of amides is 1. The van der Waals surface area contributed by atoms with Crippen molar-refractivity contribution >= 4 is 5.91 Å². The second kappa shape index (κ2) is 13.7. The molecule has 0 aliphatic rings. The summed E-state index contributed by atoms with van der Waals surface area (Å²) in [5, 5.41) is 2.86. The fourth-order valence-electron chi connectivity index (χ4n) is 2.76. The number of carbonyl (C=O) groups excluding carboxylic acids is 1. The number of nitrogens with one attached hydrogen (secondary N) is 1. The van der Waals surface area contributed by atoms with E-state index in [1.54, 1.807) is 13.2 Å². The third-order valence-electron chi connectivity index (χ3n) is 4.29. The minimum absolute atomic E-state index is 0.0309. The molecule has 6 heteroatoms. The van der Waals surface area contributed by atoms with Gasteiger partial charge in [-0.3, -0.25) is 4.79 Å². The average Bonchev–Trinajstić information content (AvgIpc) is 2.80. The summed E-state index contributed by atoms with van der Waals surface area (Å²) in [4.78, 5) is 12.5. The van der Waals surface area contributed by atoms with Crippen molar-refractivity contribution in [2.24, 2.45) is 0 Å². The molecule has 6 nitrogen and oxygen atoms in total. The highest BCUT2D eigenvalue weighted by Crippen LogP contribution is 2.28. The van der Waals surface area contributed by atoms with Crippen LogP contribution in [-0.2, 0) is 27.3 Å². The maximum atomic E-state index is 12.5. The van der Waals surface area contributed by atoms with E-state index in [1.165, 1.54) is 0 Å². The highest BCUT2D eigenvalue weighted by atomic mass is 16.5. The number of hydrogen-bond donors (Lipinski definition) is 1. The van der Waals surface area contributed by atoms with Crippen LogP contribution < -0.4 is 14.8 Å². The van der Waals surface area contributed by atoms with Crippen molar-refractivity contribution in [2.45, 2.75) is 19.1 Å². The van der Waals surface area contributed by atoms with Crippen molar-refractivity contribution in [1.82, 2.24) is 5.32 Å². The Kier molecular flexibility index (Phi) is 10.5. The SMILES string of the molecule is C#CCOc1ccc(CCNC(=O)[C@@H](COCc2ccccc2)OCC#C)cc1OC. The quantitative estimate of drug-likeness (QED) is 0.504. The molecule has 0 heterocycles. The van der Waals surface area contributed by atoms with Gasteiger partial charge in [-0.1, -0.05) is 48.2 Å². The molecular weight excluding hydrogens is 394 g/mol. The largest absolute Gasteiger partial charge is 0.493 e. The minimum Gasteiger partial charge on any atom is -0.493 e. The van der Waals surface area contributed by atoms with Gasteiger partial charge in [0.05, 0.1) is 20.3 Å². The van der Waals surface area contributed by atoms with Crippen molar-refractivity contribution in [2.75, 3.05) is 33.5 Å². The second-order valence-electron chi connectivity index (χ2n) is 6.52. The molecule has 0 aliphatic heterocycles. The van der Waals surface area contributed by atoms with Gasteiger partial charge in [-0.2, -0.15) is 0 Å². The summed E-state index contributed by atoms with van der Waals surface area (Å²) in [7, 11) is 1.56. The molecule has 0 radical (unpaired) electrons. The Morgan fingerprint density at radius 3 is 2.52 bits per heavy atom. The fourth-order valence-corrected chi connectivity index (χ4v) is 2.76. The molecule has 0 fully saturated rings. The van der Waals surface area contributed by atoms with E-state index in [2.05, 4.69) is 17.2 Å². The predicted molar refractivity (Wildman–Crippen MR) is 119 cm³/mol. The lowest BCUT2D eigenvalue weighted by Crippen LogP contribution is -2.40. The molecule has 0 saturated carbocycles. The summed E-state index contributed by atoms with van der Waals surface area (Å²) in [5.74, 6) is 5.69. The Morgan fingerprint density at radius 1 is 1.03 bits per heavy atom. The molecule has 2 aromatic rings. The van der Waals surface area contributed by atoms with Crippen LogP contribution in [0.5, 0.6) is 11.5 Å². The smallest absolute Gasteiger partial charge is 0.251 e. The van der Waals surface area contributed by atoms with Gasteiger partial charge in [-0.05, 0) is 29.7 Å². The van der Waals surface area contributed by atoms with Crippen LogP contribution in [0.3, 0.4) is 0 Å². The number of terminal acetylenes is 2. The number of methoxy groups -OCH3 is 1. The zero-order valence-corrected chi connectivity index (χ0v) is 17.6. The highest BCUT2D eigenvalue weighted by molar-refractivity contribution is 5.80. The molecule has 1 N–H and O–H groups in total. The van der Waals surface area contributed by atoms with Crippen LogP contribution in [0.1, 0.15) is 11.1 Å². The molecule has 1 amide bonds. The zero-order chi connectivity index (χ0) is 22.3. The summed E-state index contributed by atoms with van der Waals surface area (Å²) in [6.45, 7) is 1.11. The number of ether oxygens (including phenoxy) is 4. The van der Waals surface area contributed by atoms with E-state index in [4.69, 9.17) is 31.8 Å². The van der Waals surface area contributed by atoms with E-state index in [9.17, 15) is 4.79 Å². The average molecular weight is 421 g/mol. The molecule has 0 aromatic heterocycles. The molecular formula is C25H27NO5. The van der Waals surface area contributed by atoms with Crippen molar-refractivity contribution in [3.8, 4) is 36.2 Å². The van der Waals surface area contributed by atoms with Crippen LogP contribution in [0.4, 0.5) is 0 Å². The van der Waals surface area contributed by atoms with Gasteiger partial charge in [0.25, 0.3) is 5.91 Å². The van der Waals surface area contributed by atoms with Crippen molar-refractivity contribution in [1.29, 1.82) is 0 Å². The molecule has 0 bridgehead atoms. The maximum absolute atomic E-state index is 12.5. The van der Waals surface area contributed by atoms with E-state index in [-0.39, 0.29) is 25.7 Å². The first-order chi connectivity index (χ1) is 15.2. The summed E-state index contributed by atoms with van der Waals surface area (Å²) in [6, 6.07) is 15.3. The van der Waals surface area contributed by atoms with Gasteiger partial charge in [0.2, 0.25) is 0 Å². The molecule has 0 aliphatic carbocycles. The Hall–Kier alpha value is -3.45. The first-order valence-electron chi connectivity index (χ1n) is 9.85. The lowest BCUT2D eigenvalue weighted by Gasteiger charge is -2.17. The second-order valence-corrected chi connectivity index (χ2v) is 6.52. The van der Waals surface area contributed by atoms with Crippen LogP contribution >= 0.6 is 0 Å². The Morgan fingerprint density at radius 2 is 1.81 bits per heavy atom. The predicted octanol–water partition coefficient (Wildman–Crippen LogP) is 2.60. The number of benzene rings is 2. The first-order valence-corrected chi connectivity index (χ1v) is 9.85. The topological polar surface area (TPSA) is 66.0 Å². The third-order valence-corrected chi connectivity index (χ3v) is 4.29. The third kappa shape index (κ3) is 8.44. The van der Waals surface area contributed by atoms with Crippen LogP contribution in [-0.4, -0.2) is 45.5 Å². The number of rotatable bonds is 13. The summed E-state index contributed by atoms with van der Waals surface area (Å²) in [6.07, 6.45) is 10.3. The molecule has 0 saturated heterocycles. The van der Waals surface area contributed by atoms with Crippen LogP contribution in [0.15, 0.2) is 48.5 Å².